The van der Waals surface area contributed by atoms with Crippen LogP contribution in [0.2, 0.25) is 0 Å². The van der Waals surface area contributed by atoms with Gasteiger partial charge >= 0.3 is 5.97 Å². The third-order valence-electron chi connectivity index (χ3n) is 3.47. The zero-order chi connectivity index (χ0) is 17.3. The molecule has 6 nitrogen and oxygen atoms in total. The first-order valence-electron chi connectivity index (χ1n) is 7.50. The summed E-state index contributed by atoms with van der Waals surface area (Å²) in [4.78, 5) is 22.3. The standard InChI is InChI=1S/C17H17N3O3S/c1-4-23-17(22)14-9(2)13-15(18-10(3)19-16(13)24-14)20-11-6-5-7-12(21)8-11/h5-8,21H,4H2,1-3H3,(H,18,19,20). The summed E-state index contributed by atoms with van der Waals surface area (Å²) in [6, 6.07) is 6.78. The maximum absolute atomic E-state index is 12.1. The number of benzene rings is 1. The average molecular weight is 343 g/mol. The molecule has 0 saturated carbocycles. The van der Waals surface area contributed by atoms with Gasteiger partial charge in [0.15, 0.2) is 0 Å². The van der Waals surface area contributed by atoms with Crippen LogP contribution in [0, 0.1) is 13.8 Å². The molecule has 3 rings (SSSR count). The Labute approximate surface area is 143 Å². The van der Waals surface area contributed by atoms with E-state index in [0.29, 0.717) is 28.8 Å². The lowest BCUT2D eigenvalue weighted by molar-refractivity contribution is 0.0531. The maximum Gasteiger partial charge on any atom is 0.348 e. The molecule has 0 aliphatic heterocycles. The molecule has 124 valence electrons. The summed E-state index contributed by atoms with van der Waals surface area (Å²) in [5, 5.41) is 13.6. The SMILES string of the molecule is CCOC(=O)c1sc2nc(C)nc(Nc3cccc(O)c3)c2c1C. The summed E-state index contributed by atoms with van der Waals surface area (Å²) >= 11 is 1.30. The van der Waals surface area contributed by atoms with Crippen molar-refractivity contribution in [2.45, 2.75) is 20.8 Å². The fourth-order valence-electron chi connectivity index (χ4n) is 2.45. The summed E-state index contributed by atoms with van der Waals surface area (Å²) < 4.78 is 5.11. The second kappa shape index (κ2) is 6.45. The van der Waals surface area contributed by atoms with Crippen molar-refractivity contribution in [3.63, 3.8) is 0 Å². The van der Waals surface area contributed by atoms with Crippen LogP contribution >= 0.6 is 11.3 Å². The zero-order valence-corrected chi connectivity index (χ0v) is 14.4. The van der Waals surface area contributed by atoms with E-state index < -0.39 is 0 Å². The molecule has 3 aromatic rings. The van der Waals surface area contributed by atoms with Gasteiger partial charge in [-0.2, -0.15) is 0 Å². The third kappa shape index (κ3) is 3.03. The number of hydrogen-bond donors (Lipinski definition) is 2. The molecule has 1 aromatic carbocycles. The fourth-order valence-corrected chi connectivity index (χ4v) is 3.57. The molecular formula is C17H17N3O3S. The molecule has 0 aliphatic rings. The van der Waals surface area contributed by atoms with Crippen molar-refractivity contribution in [3.05, 3.63) is 40.5 Å². The van der Waals surface area contributed by atoms with Crippen LogP contribution in [-0.2, 0) is 4.74 Å². The highest BCUT2D eigenvalue weighted by Crippen LogP contribution is 2.35. The van der Waals surface area contributed by atoms with Crippen LogP contribution in [0.15, 0.2) is 24.3 Å². The second-order valence-electron chi connectivity index (χ2n) is 5.25. The Morgan fingerprint density at radius 3 is 2.83 bits per heavy atom. The van der Waals surface area contributed by atoms with E-state index in [1.165, 1.54) is 11.3 Å². The largest absolute Gasteiger partial charge is 0.508 e. The summed E-state index contributed by atoms with van der Waals surface area (Å²) in [5.74, 6) is 1.02. The van der Waals surface area contributed by atoms with Gasteiger partial charge in [0, 0.05) is 11.8 Å². The Kier molecular flexibility index (Phi) is 4.35. The first-order chi connectivity index (χ1) is 11.5. The first kappa shape index (κ1) is 16.2. The number of rotatable bonds is 4. The van der Waals surface area contributed by atoms with Crippen molar-refractivity contribution in [2.24, 2.45) is 0 Å². The molecule has 0 fully saturated rings. The molecular weight excluding hydrogens is 326 g/mol. The molecule has 0 spiro atoms. The average Bonchev–Trinajstić information content (AvgIpc) is 2.84. The van der Waals surface area contributed by atoms with Gasteiger partial charge in [0.2, 0.25) is 0 Å². The van der Waals surface area contributed by atoms with E-state index in [0.717, 1.165) is 15.8 Å². The van der Waals surface area contributed by atoms with Crippen molar-refractivity contribution in [1.29, 1.82) is 0 Å². The molecule has 2 heterocycles. The number of esters is 1. The van der Waals surface area contributed by atoms with E-state index in [9.17, 15) is 9.90 Å². The first-order valence-corrected chi connectivity index (χ1v) is 8.32. The molecule has 0 bridgehead atoms. The molecule has 24 heavy (non-hydrogen) atoms. The zero-order valence-electron chi connectivity index (χ0n) is 13.6. The number of anilines is 2. The van der Waals surface area contributed by atoms with Crippen molar-refractivity contribution in [3.8, 4) is 5.75 Å². The number of aromatic nitrogens is 2. The Bertz CT molecular complexity index is 921. The number of nitrogens with one attached hydrogen (secondary N) is 1. The van der Waals surface area contributed by atoms with Gasteiger partial charge in [0.25, 0.3) is 0 Å². The lowest BCUT2D eigenvalue weighted by Crippen LogP contribution is -2.03. The molecule has 7 heteroatoms. The van der Waals surface area contributed by atoms with E-state index >= 15 is 0 Å². The topological polar surface area (TPSA) is 84.3 Å². The van der Waals surface area contributed by atoms with E-state index in [1.54, 1.807) is 32.0 Å². The van der Waals surface area contributed by atoms with Gasteiger partial charge in [-0.1, -0.05) is 6.07 Å². The minimum absolute atomic E-state index is 0.163. The number of carbonyl (C=O) groups is 1. The second-order valence-corrected chi connectivity index (χ2v) is 6.25. The number of phenols is 1. The van der Waals surface area contributed by atoms with E-state index in [-0.39, 0.29) is 11.7 Å². The normalized spacial score (nSPS) is 10.8. The lowest BCUT2D eigenvalue weighted by atomic mass is 10.2. The maximum atomic E-state index is 12.1. The van der Waals surface area contributed by atoms with Crippen molar-refractivity contribution in [2.75, 3.05) is 11.9 Å². The molecule has 2 aromatic heterocycles. The van der Waals surface area contributed by atoms with Crippen LogP contribution in [0.3, 0.4) is 0 Å². The number of thiophene rings is 1. The Morgan fingerprint density at radius 1 is 1.33 bits per heavy atom. The van der Waals surface area contributed by atoms with Crippen LogP contribution in [0.25, 0.3) is 10.2 Å². The number of hydrogen-bond acceptors (Lipinski definition) is 7. The number of carbonyl (C=O) groups excluding carboxylic acids is 1. The molecule has 0 unspecified atom stereocenters. The lowest BCUT2D eigenvalue weighted by Gasteiger charge is -2.09. The highest BCUT2D eigenvalue weighted by molar-refractivity contribution is 7.20. The predicted molar refractivity (Wildman–Crippen MR) is 94.2 cm³/mol. The molecule has 2 N–H and O–H groups in total. The highest BCUT2D eigenvalue weighted by Gasteiger charge is 2.21. The predicted octanol–water partition coefficient (Wildman–Crippen LogP) is 3.93. The number of nitrogens with zero attached hydrogens (tertiary/aromatic N) is 2. The van der Waals surface area contributed by atoms with Crippen LogP contribution in [0.4, 0.5) is 11.5 Å². The number of phenolic OH excluding ortho intramolecular Hbond substituents is 1. The smallest absolute Gasteiger partial charge is 0.348 e. The quantitative estimate of drug-likeness (QED) is 0.698. The van der Waals surface area contributed by atoms with Gasteiger partial charge < -0.3 is 15.2 Å². The van der Waals surface area contributed by atoms with Gasteiger partial charge in [-0.05, 0) is 38.5 Å². The Balaban J connectivity index is 2.11. The van der Waals surface area contributed by atoms with Gasteiger partial charge in [-0.15, -0.1) is 11.3 Å². The minimum atomic E-state index is -0.348. The van der Waals surface area contributed by atoms with Gasteiger partial charge in [0.05, 0.1) is 12.0 Å². The van der Waals surface area contributed by atoms with Gasteiger partial charge in [-0.3, -0.25) is 0 Å². The number of fused-ring (bicyclic) bond motifs is 1. The van der Waals surface area contributed by atoms with Crippen LogP contribution in [0.1, 0.15) is 28.0 Å². The molecule has 0 saturated heterocycles. The summed E-state index contributed by atoms with van der Waals surface area (Å²) in [5.41, 5.74) is 1.49. The van der Waals surface area contributed by atoms with Crippen LogP contribution in [-0.4, -0.2) is 27.7 Å². The van der Waals surface area contributed by atoms with Crippen LogP contribution in [0.5, 0.6) is 5.75 Å². The Morgan fingerprint density at radius 2 is 2.12 bits per heavy atom. The van der Waals surface area contributed by atoms with Gasteiger partial charge in [-0.25, -0.2) is 14.8 Å². The molecule has 0 radical (unpaired) electrons. The summed E-state index contributed by atoms with van der Waals surface area (Å²) in [6.07, 6.45) is 0. The monoisotopic (exact) mass is 343 g/mol. The number of aryl methyl sites for hydroxylation is 2. The Hall–Kier alpha value is -2.67. The van der Waals surface area contributed by atoms with E-state index in [1.807, 2.05) is 13.0 Å². The number of aromatic hydroxyl groups is 1. The van der Waals surface area contributed by atoms with E-state index in [4.69, 9.17) is 4.74 Å². The van der Waals surface area contributed by atoms with E-state index in [2.05, 4.69) is 15.3 Å². The number of ether oxygens (including phenoxy) is 1. The summed E-state index contributed by atoms with van der Waals surface area (Å²) in [7, 11) is 0. The van der Waals surface area contributed by atoms with Crippen molar-refractivity contribution < 1.29 is 14.6 Å². The fraction of sp³-hybridized carbons (Fsp3) is 0.235. The van der Waals surface area contributed by atoms with Crippen molar-refractivity contribution in [1.82, 2.24) is 9.97 Å². The molecule has 0 aliphatic carbocycles. The molecule has 0 amide bonds. The summed E-state index contributed by atoms with van der Waals surface area (Å²) in [6.45, 7) is 5.76. The van der Waals surface area contributed by atoms with Crippen molar-refractivity contribution >= 4 is 39.0 Å². The minimum Gasteiger partial charge on any atom is -0.508 e. The van der Waals surface area contributed by atoms with Gasteiger partial charge in [0.1, 0.15) is 27.1 Å². The third-order valence-corrected chi connectivity index (χ3v) is 4.64. The van der Waals surface area contributed by atoms with Crippen LogP contribution < -0.4 is 5.32 Å². The highest BCUT2D eigenvalue weighted by atomic mass is 32.1. The molecule has 0 atom stereocenters.